The topological polar surface area (TPSA) is 67.2 Å². The Morgan fingerprint density at radius 3 is 2.85 bits per heavy atom. The number of aromatic nitrogens is 2. The first kappa shape index (κ1) is 16.5. The minimum absolute atomic E-state index is 0.0765. The van der Waals surface area contributed by atoms with E-state index < -0.39 is 11.2 Å². The first-order chi connectivity index (χ1) is 9.26. The molecule has 1 atom stereocenters. The zero-order valence-corrected chi connectivity index (χ0v) is 12.7. The lowest BCUT2D eigenvalue weighted by Crippen LogP contribution is -2.37. The zero-order chi connectivity index (χ0) is 15.3. The van der Waals surface area contributed by atoms with Gasteiger partial charge in [-0.25, -0.2) is 4.68 Å². The molecule has 6 heteroatoms. The van der Waals surface area contributed by atoms with Gasteiger partial charge in [0.15, 0.2) is 0 Å². The van der Waals surface area contributed by atoms with E-state index in [1.807, 2.05) is 13.8 Å². The molecule has 0 spiro atoms. The van der Waals surface area contributed by atoms with Crippen molar-refractivity contribution < 1.29 is 5.11 Å². The number of halogens is 1. The van der Waals surface area contributed by atoms with Crippen LogP contribution >= 0.6 is 11.6 Å². The fraction of sp³-hybridized carbons (Fsp3) is 0.571. The third kappa shape index (κ3) is 4.55. The highest BCUT2D eigenvalue weighted by atomic mass is 35.5. The fourth-order valence-corrected chi connectivity index (χ4v) is 2.25. The smallest absolute Gasteiger partial charge is 0.292 e. The van der Waals surface area contributed by atoms with Gasteiger partial charge in [-0.15, -0.1) is 6.42 Å². The lowest BCUT2D eigenvalue weighted by molar-refractivity contribution is 0.0515. The van der Waals surface area contributed by atoms with Crippen LogP contribution in [0.1, 0.15) is 27.2 Å². The average molecular weight is 298 g/mol. The van der Waals surface area contributed by atoms with Crippen LogP contribution in [0.2, 0.25) is 5.02 Å². The number of rotatable bonds is 6. The average Bonchev–Trinajstić information content (AvgIpc) is 2.31. The second-order valence-electron chi connectivity index (χ2n) is 5.48. The molecule has 0 radical (unpaired) electrons. The summed E-state index contributed by atoms with van der Waals surface area (Å²) in [6, 6.07) is 0. The first-order valence-electron chi connectivity index (χ1n) is 6.42. The summed E-state index contributed by atoms with van der Waals surface area (Å²) in [7, 11) is 0. The van der Waals surface area contributed by atoms with E-state index in [-0.39, 0.29) is 23.8 Å². The number of anilines is 1. The lowest BCUT2D eigenvalue weighted by atomic mass is 9.94. The van der Waals surface area contributed by atoms with E-state index in [1.54, 1.807) is 6.92 Å². The summed E-state index contributed by atoms with van der Waals surface area (Å²) in [5.74, 6) is 2.70. The molecule has 0 bridgehead atoms. The van der Waals surface area contributed by atoms with Gasteiger partial charge >= 0.3 is 0 Å². The molecule has 0 aliphatic carbocycles. The van der Waals surface area contributed by atoms with Crippen molar-refractivity contribution in [1.82, 2.24) is 9.78 Å². The molecule has 0 fully saturated rings. The number of terminal acetylenes is 1. The van der Waals surface area contributed by atoms with Crippen molar-refractivity contribution in [3.8, 4) is 12.3 Å². The van der Waals surface area contributed by atoms with Crippen molar-refractivity contribution in [2.45, 2.75) is 39.3 Å². The van der Waals surface area contributed by atoms with Gasteiger partial charge in [0.1, 0.15) is 12.2 Å². The molecule has 1 rings (SSSR count). The number of hydrogen-bond acceptors (Lipinski definition) is 4. The summed E-state index contributed by atoms with van der Waals surface area (Å²) in [5.41, 5.74) is -1.11. The van der Waals surface area contributed by atoms with Gasteiger partial charge in [-0.2, -0.15) is 5.10 Å². The van der Waals surface area contributed by atoms with Gasteiger partial charge in [0.05, 0.1) is 16.8 Å². The van der Waals surface area contributed by atoms with Crippen molar-refractivity contribution in [3.05, 3.63) is 21.6 Å². The monoisotopic (exact) mass is 297 g/mol. The second kappa shape index (κ2) is 6.78. The van der Waals surface area contributed by atoms with E-state index in [1.165, 1.54) is 6.20 Å². The normalized spacial score (nSPS) is 13.8. The highest BCUT2D eigenvalue weighted by Crippen LogP contribution is 2.19. The minimum atomic E-state index is -0.926. The Labute approximate surface area is 124 Å². The van der Waals surface area contributed by atoms with Crippen LogP contribution in [-0.4, -0.2) is 27.0 Å². The van der Waals surface area contributed by atoms with Crippen LogP contribution in [0.25, 0.3) is 0 Å². The summed E-state index contributed by atoms with van der Waals surface area (Å²) >= 11 is 5.96. The largest absolute Gasteiger partial charge is 0.388 e. The van der Waals surface area contributed by atoms with E-state index in [2.05, 4.69) is 16.3 Å². The Hall–Kier alpha value is -1.51. The first-order valence-corrected chi connectivity index (χ1v) is 6.80. The van der Waals surface area contributed by atoms with Crippen molar-refractivity contribution in [1.29, 1.82) is 0 Å². The standard InChI is InChI=1S/C14H20ClN3O2/c1-5-6-18-13(19)12(11(15)8-17-18)16-9-14(4,20)7-10(2)3/h1,8,10,16,20H,6-7,9H2,2-4H3. The SMILES string of the molecule is C#CCn1ncc(Cl)c(NCC(C)(O)CC(C)C)c1=O. The zero-order valence-electron chi connectivity index (χ0n) is 12.0. The van der Waals surface area contributed by atoms with E-state index in [9.17, 15) is 9.90 Å². The van der Waals surface area contributed by atoms with Crippen molar-refractivity contribution >= 4 is 17.3 Å². The van der Waals surface area contributed by atoms with Crippen LogP contribution in [-0.2, 0) is 6.54 Å². The van der Waals surface area contributed by atoms with Crippen LogP contribution in [0.15, 0.2) is 11.0 Å². The molecule has 0 amide bonds. The Morgan fingerprint density at radius 2 is 2.30 bits per heavy atom. The molecule has 5 nitrogen and oxygen atoms in total. The Bertz CT molecular complexity index is 559. The molecule has 1 heterocycles. The van der Waals surface area contributed by atoms with Gasteiger partial charge in [-0.05, 0) is 19.3 Å². The predicted molar refractivity (Wildman–Crippen MR) is 80.9 cm³/mol. The van der Waals surface area contributed by atoms with E-state index in [4.69, 9.17) is 18.0 Å². The molecule has 1 aromatic rings. The highest BCUT2D eigenvalue weighted by Gasteiger charge is 2.22. The molecule has 0 aliphatic heterocycles. The maximum absolute atomic E-state index is 12.1. The van der Waals surface area contributed by atoms with Gasteiger partial charge in [-0.3, -0.25) is 4.79 Å². The Balaban J connectivity index is 2.91. The molecular formula is C14H20ClN3O2. The van der Waals surface area contributed by atoms with Crippen LogP contribution < -0.4 is 10.9 Å². The van der Waals surface area contributed by atoms with Crippen LogP contribution in [0.5, 0.6) is 0 Å². The van der Waals surface area contributed by atoms with Crippen LogP contribution in [0.3, 0.4) is 0 Å². The number of nitrogens with zero attached hydrogens (tertiary/aromatic N) is 2. The Kier molecular flexibility index (Phi) is 5.61. The van der Waals surface area contributed by atoms with Crippen molar-refractivity contribution in [2.24, 2.45) is 5.92 Å². The van der Waals surface area contributed by atoms with E-state index >= 15 is 0 Å². The van der Waals surface area contributed by atoms with Crippen molar-refractivity contribution in [2.75, 3.05) is 11.9 Å². The summed E-state index contributed by atoms with van der Waals surface area (Å²) < 4.78 is 1.14. The second-order valence-corrected chi connectivity index (χ2v) is 5.89. The molecular weight excluding hydrogens is 278 g/mol. The lowest BCUT2D eigenvalue weighted by Gasteiger charge is -2.26. The maximum Gasteiger partial charge on any atom is 0.292 e. The highest BCUT2D eigenvalue weighted by molar-refractivity contribution is 6.32. The van der Waals surface area contributed by atoms with Crippen molar-refractivity contribution in [3.63, 3.8) is 0 Å². The molecule has 1 aromatic heterocycles. The number of nitrogens with one attached hydrogen (secondary N) is 1. The van der Waals surface area contributed by atoms with Gasteiger partial charge in [0.25, 0.3) is 5.56 Å². The summed E-state index contributed by atoms with van der Waals surface area (Å²) in [6.45, 7) is 6.06. The van der Waals surface area contributed by atoms with Crippen LogP contribution in [0, 0.1) is 18.3 Å². The predicted octanol–water partition coefficient (Wildman–Crippen LogP) is 1.74. The fourth-order valence-electron chi connectivity index (χ4n) is 2.06. The molecule has 20 heavy (non-hydrogen) atoms. The van der Waals surface area contributed by atoms with Crippen LogP contribution in [0.4, 0.5) is 5.69 Å². The van der Waals surface area contributed by atoms with Gasteiger partial charge in [0.2, 0.25) is 0 Å². The Morgan fingerprint density at radius 1 is 1.65 bits per heavy atom. The molecule has 0 aliphatic rings. The number of hydrogen-bond donors (Lipinski definition) is 2. The third-order valence-corrected chi connectivity index (χ3v) is 3.02. The summed E-state index contributed by atoms with van der Waals surface area (Å²) in [5, 5.41) is 17.2. The third-order valence-electron chi connectivity index (χ3n) is 2.73. The molecule has 0 saturated heterocycles. The summed E-state index contributed by atoms with van der Waals surface area (Å²) in [6.07, 6.45) is 7.15. The van der Waals surface area contributed by atoms with E-state index in [0.717, 1.165) is 4.68 Å². The van der Waals surface area contributed by atoms with Gasteiger partial charge < -0.3 is 10.4 Å². The minimum Gasteiger partial charge on any atom is -0.388 e. The van der Waals surface area contributed by atoms with Gasteiger partial charge in [-0.1, -0.05) is 31.4 Å². The van der Waals surface area contributed by atoms with Gasteiger partial charge in [0, 0.05) is 6.54 Å². The number of aliphatic hydroxyl groups is 1. The summed E-state index contributed by atoms with van der Waals surface area (Å²) in [4.78, 5) is 12.1. The molecule has 1 unspecified atom stereocenters. The maximum atomic E-state index is 12.1. The molecule has 0 saturated carbocycles. The molecule has 2 N–H and O–H groups in total. The molecule has 110 valence electrons. The quantitative estimate of drug-likeness (QED) is 0.785. The van der Waals surface area contributed by atoms with E-state index in [0.29, 0.717) is 12.3 Å². The molecule has 0 aromatic carbocycles.